The van der Waals surface area contributed by atoms with Crippen LogP contribution in [0.3, 0.4) is 0 Å². The zero-order valence-electron chi connectivity index (χ0n) is 14.8. The molecule has 1 aliphatic rings. The van der Waals surface area contributed by atoms with Crippen LogP contribution in [0.1, 0.15) is 16.9 Å². The quantitative estimate of drug-likeness (QED) is 0.364. The van der Waals surface area contributed by atoms with E-state index in [2.05, 4.69) is 6.07 Å². The lowest BCUT2D eigenvalue weighted by atomic mass is 10.1. The van der Waals surface area contributed by atoms with Crippen LogP contribution in [0.2, 0.25) is 0 Å². The van der Waals surface area contributed by atoms with Crippen molar-refractivity contribution in [1.82, 2.24) is 0 Å². The highest BCUT2D eigenvalue weighted by atomic mass is 16.7. The fourth-order valence-corrected chi connectivity index (χ4v) is 2.96. The van der Waals surface area contributed by atoms with Gasteiger partial charge in [-0.15, -0.1) is 0 Å². The number of allylic oxidation sites excluding steroid dienone is 1. The zero-order valence-corrected chi connectivity index (χ0v) is 14.8. The van der Waals surface area contributed by atoms with Gasteiger partial charge in [-0.05, 0) is 60.5 Å². The van der Waals surface area contributed by atoms with Crippen LogP contribution in [0.15, 0.2) is 52.9 Å². The molecule has 0 saturated heterocycles. The molecular weight excluding hydrogens is 360 g/mol. The lowest BCUT2D eigenvalue weighted by molar-refractivity contribution is -0.384. The number of hydrogen-bond acceptors (Lipinski definition) is 6. The summed E-state index contributed by atoms with van der Waals surface area (Å²) in [5.74, 6) is 1.99. The third-order valence-corrected chi connectivity index (χ3v) is 4.33. The van der Waals surface area contributed by atoms with Crippen molar-refractivity contribution in [2.24, 2.45) is 0 Å². The highest BCUT2D eigenvalue weighted by Crippen LogP contribution is 2.36. The first-order valence-corrected chi connectivity index (χ1v) is 8.42. The molecule has 7 nitrogen and oxygen atoms in total. The summed E-state index contributed by atoms with van der Waals surface area (Å²) < 4.78 is 16.4. The van der Waals surface area contributed by atoms with Gasteiger partial charge in [-0.25, -0.2) is 0 Å². The minimum Gasteiger partial charge on any atom is -0.456 e. The highest BCUT2D eigenvalue weighted by Gasteiger charge is 2.19. The van der Waals surface area contributed by atoms with Gasteiger partial charge in [0.25, 0.3) is 5.69 Å². The number of nitro groups is 1. The molecule has 138 valence electrons. The number of nitriles is 1. The Balaban J connectivity index is 1.69. The second-order valence-corrected chi connectivity index (χ2v) is 6.22. The Bertz CT molecular complexity index is 1150. The lowest BCUT2D eigenvalue weighted by Gasteiger charge is -2.02. The molecule has 0 radical (unpaired) electrons. The molecule has 0 atom stereocenters. The van der Waals surface area contributed by atoms with Gasteiger partial charge < -0.3 is 13.9 Å². The van der Waals surface area contributed by atoms with Crippen molar-refractivity contribution >= 4 is 17.3 Å². The summed E-state index contributed by atoms with van der Waals surface area (Å²) >= 11 is 0. The molecule has 2 heterocycles. The van der Waals surface area contributed by atoms with E-state index in [1.807, 2.05) is 0 Å². The minimum atomic E-state index is -0.437. The van der Waals surface area contributed by atoms with E-state index < -0.39 is 4.92 Å². The van der Waals surface area contributed by atoms with Crippen LogP contribution < -0.4 is 9.47 Å². The van der Waals surface area contributed by atoms with E-state index in [9.17, 15) is 15.4 Å². The van der Waals surface area contributed by atoms with Crippen LogP contribution in [0.25, 0.3) is 23.0 Å². The van der Waals surface area contributed by atoms with Gasteiger partial charge in [-0.3, -0.25) is 10.1 Å². The number of ether oxygens (including phenoxy) is 2. The summed E-state index contributed by atoms with van der Waals surface area (Å²) in [6.45, 7) is 1.94. The molecule has 4 rings (SSSR count). The molecule has 0 bridgehead atoms. The maximum atomic E-state index is 11.3. The van der Waals surface area contributed by atoms with Crippen LogP contribution in [-0.4, -0.2) is 11.7 Å². The Kier molecular flexibility index (Phi) is 4.30. The molecule has 0 fully saturated rings. The van der Waals surface area contributed by atoms with Crippen LogP contribution >= 0.6 is 0 Å². The predicted octanol–water partition coefficient (Wildman–Crippen LogP) is 4.96. The third-order valence-electron chi connectivity index (χ3n) is 4.33. The second-order valence-electron chi connectivity index (χ2n) is 6.22. The summed E-state index contributed by atoms with van der Waals surface area (Å²) in [5.41, 5.74) is 2.18. The molecule has 3 aromatic rings. The normalized spacial score (nSPS) is 12.6. The molecule has 0 aliphatic carbocycles. The molecule has 0 N–H and O–H groups in total. The number of benzene rings is 2. The molecule has 0 amide bonds. The Labute approximate surface area is 160 Å². The first-order valence-electron chi connectivity index (χ1n) is 8.42. The average Bonchev–Trinajstić information content (AvgIpc) is 3.34. The van der Waals surface area contributed by atoms with Gasteiger partial charge in [0, 0.05) is 6.07 Å². The number of nitrogens with zero attached hydrogens (tertiary/aromatic N) is 2. The van der Waals surface area contributed by atoms with E-state index >= 15 is 0 Å². The van der Waals surface area contributed by atoms with E-state index in [1.54, 1.807) is 55.5 Å². The smallest absolute Gasteiger partial charge is 0.280 e. The topological polar surface area (TPSA) is 98.5 Å². The molecule has 7 heteroatoms. The number of rotatable bonds is 4. The average molecular weight is 374 g/mol. The van der Waals surface area contributed by atoms with Gasteiger partial charge in [0.15, 0.2) is 11.5 Å². The maximum absolute atomic E-state index is 11.3. The standard InChI is InChI=1S/C21H14N2O5/c1-13-2-5-17(18(8-13)23(24)25)19-7-4-16(28-19)9-15(11-22)14-3-6-20-21(10-14)27-12-26-20/h2-10H,12H2,1H3/b15-9-. The first kappa shape index (κ1) is 17.4. The van der Waals surface area contributed by atoms with Crippen molar-refractivity contribution in [3.63, 3.8) is 0 Å². The summed E-state index contributed by atoms with van der Waals surface area (Å²) in [6.07, 6.45) is 1.58. The van der Waals surface area contributed by atoms with Gasteiger partial charge in [0.1, 0.15) is 11.5 Å². The molecule has 0 saturated carbocycles. The van der Waals surface area contributed by atoms with Crippen molar-refractivity contribution in [3.8, 4) is 28.9 Å². The van der Waals surface area contributed by atoms with Crippen molar-refractivity contribution in [3.05, 3.63) is 75.5 Å². The number of aryl methyl sites for hydroxylation is 1. The number of furan rings is 1. The van der Waals surface area contributed by atoms with Gasteiger partial charge >= 0.3 is 0 Å². The third kappa shape index (κ3) is 3.19. The van der Waals surface area contributed by atoms with Crippen LogP contribution in [-0.2, 0) is 0 Å². The fourth-order valence-electron chi connectivity index (χ4n) is 2.96. The summed E-state index contributed by atoms with van der Waals surface area (Å²) in [7, 11) is 0. The monoisotopic (exact) mass is 374 g/mol. The molecule has 0 unspecified atom stereocenters. The first-order chi connectivity index (χ1) is 13.5. The molecule has 28 heavy (non-hydrogen) atoms. The molecule has 0 spiro atoms. The van der Waals surface area contributed by atoms with E-state index in [0.29, 0.717) is 39.7 Å². The van der Waals surface area contributed by atoms with Gasteiger partial charge in [0.05, 0.1) is 22.1 Å². The van der Waals surface area contributed by atoms with Crippen molar-refractivity contribution in [2.45, 2.75) is 6.92 Å². The van der Waals surface area contributed by atoms with E-state index in [-0.39, 0.29) is 12.5 Å². The Morgan fingerprint density at radius 3 is 2.75 bits per heavy atom. The Hall–Kier alpha value is -4.05. The maximum Gasteiger partial charge on any atom is 0.280 e. The molecule has 1 aliphatic heterocycles. The highest BCUT2D eigenvalue weighted by molar-refractivity contribution is 5.89. The minimum absolute atomic E-state index is 0.0267. The second kappa shape index (κ2) is 6.93. The zero-order chi connectivity index (χ0) is 19.7. The number of fused-ring (bicyclic) bond motifs is 1. The molecule has 2 aromatic carbocycles. The fraction of sp³-hybridized carbons (Fsp3) is 0.0952. The van der Waals surface area contributed by atoms with Crippen LogP contribution in [0, 0.1) is 28.4 Å². The van der Waals surface area contributed by atoms with Gasteiger partial charge in [-0.2, -0.15) is 5.26 Å². The summed E-state index contributed by atoms with van der Waals surface area (Å²) in [6, 6.07) is 15.6. The predicted molar refractivity (Wildman–Crippen MR) is 102 cm³/mol. The van der Waals surface area contributed by atoms with E-state index in [4.69, 9.17) is 13.9 Å². The lowest BCUT2D eigenvalue weighted by Crippen LogP contribution is -1.92. The SMILES string of the molecule is Cc1ccc(-c2ccc(/C=C(/C#N)c3ccc4c(c3)OCO4)o2)c([N+](=O)[O-])c1. The number of hydrogen-bond donors (Lipinski definition) is 0. The molecule has 1 aromatic heterocycles. The van der Waals surface area contributed by atoms with Crippen molar-refractivity contribution in [1.29, 1.82) is 5.26 Å². The van der Waals surface area contributed by atoms with Crippen LogP contribution in [0.5, 0.6) is 11.5 Å². The summed E-state index contributed by atoms with van der Waals surface area (Å²) in [5, 5.41) is 20.9. The Morgan fingerprint density at radius 1 is 1.14 bits per heavy atom. The van der Waals surface area contributed by atoms with Crippen molar-refractivity contribution in [2.75, 3.05) is 6.79 Å². The largest absolute Gasteiger partial charge is 0.456 e. The van der Waals surface area contributed by atoms with Crippen LogP contribution in [0.4, 0.5) is 5.69 Å². The van der Waals surface area contributed by atoms with Crippen molar-refractivity contribution < 1.29 is 18.8 Å². The van der Waals surface area contributed by atoms with Gasteiger partial charge in [0.2, 0.25) is 6.79 Å². The van der Waals surface area contributed by atoms with E-state index in [0.717, 1.165) is 5.56 Å². The number of nitro benzene ring substituents is 1. The summed E-state index contributed by atoms with van der Waals surface area (Å²) in [4.78, 5) is 10.9. The molecular formula is C21H14N2O5. The Morgan fingerprint density at radius 2 is 1.96 bits per heavy atom. The van der Waals surface area contributed by atoms with Gasteiger partial charge in [-0.1, -0.05) is 6.07 Å². The van der Waals surface area contributed by atoms with E-state index in [1.165, 1.54) is 6.07 Å².